The molecule has 0 saturated heterocycles. The van der Waals surface area contributed by atoms with E-state index in [1.54, 1.807) is 12.1 Å². The molecule has 0 N–H and O–H groups in total. The van der Waals surface area contributed by atoms with Gasteiger partial charge in [0.15, 0.2) is 0 Å². The van der Waals surface area contributed by atoms with E-state index < -0.39 is 4.92 Å². The Morgan fingerprint density at radius 1 is 1.05 bits per heavy atom. The molecule has 0 saturated carbocycles. The number of benzene rings is 2. The second-order valence-corrected chi connectivity index (χ2v) is 3.94. The standard InChI is InChI=1S/C14H11N3O2/c1-11-5-7-12(8-6-11)15-10-16-13-3-2-4-14(9-13)17(18)19/h2-9H,1H3. The van der Waals surface area contributed by atoms with Crippen LogP contribution in [0.3, 0.4) is 0 Å². The van der Waals surface area contributed by atoms with Gasteiger partial charge in [0.05, 0.1) is 16.3 Å². The maximum Gasteiger partial charge on any atom is 0.271 e. The molecule has 0 radical (unpaired) electrons. The number of nitrogens with zero attached hydrogens (tertiary/aromatic N) is 3. The Morgan fingerprint density at radius 3 is 2.42 bits per heavy atom. The second kappa shape index (κ2) is 5.71. The second-order valence-electron chi connectivity index (χ2n) is 3.94. The van der Waals surface area contributed by atoms with Gasteiger partial charge in [-0.3, -0.25) is 10.1 Å². The lowest BCUT2D eigenvalue weighted by Gasteiger charge is -1.92. The van der Waals surface area contributed by atoms with E-state index in [-0.39, 0.29) is 5.69 Å². The van der Waals surface area contributed by atoms with Crippen molar-refractivity contribution in [2.75, 3.05) is 0 Å². The zero-order valence-corrected chi connectivity index (χ0v) is 10.3. The molecule has 0 unspecified atom stereocenters. The summed E-state index contributed by atoms with van der Waals surface area (Å²) in [7, 11) is 0. The minimum Gasteiger partial charge on any atom is -0.258 e. The summed E-state index contributed by atoms with van der Waals surface area (Å²) in [5, 5.41) is 10.6. The highest BCUT2D eigenvalue weighted by Crippen LogP contribution is 2.19. The number of rotatable bonds is 3. The van der Waals surface area contributed by atoms with E-state index in [9.17, 15) is 10.1 Å². The molecule has 0 bridgehead atoms. The van der Waals surface area contributed by atoms with Gasteiger partial charge in [0.25, 0.3) is 5.69 Å². The Kier molecular flexibility index (Phi) is 3.81. The predicted octanol–water partition coefficient (Wildman–Crippen LogP) is 4.04. The van der Waals surface area contributed by atoms with Gasteiger partial charge in [-0.2, -0.15) is 9.98 Å². The highest BCUT2D eigenvalue weighted by atomic mass is 16.6. The molecule has 0 atom stereocenters. The van der Waals surface area contributed by atoms with Gasteiger partial charge in [-0.1, -0.05) is 23.8 Å². The van der Waals surface area contributed by atoms with Crippen LogP contribution in [-0.4, -0.2) is 10.9 Å². The quantitative estimate of drug-likeness (QED) is 0.470. The van der Waals surface area contributed by atoms with Crippen molar-refractivity contribution in [3.63, 3.8) is 0 Å². The zero-order valence-electron chi connectivity index (χ0n) is 10.3. The molecule has 0 aliphatic heterocycles. The Labute approximate surface area is 110 Å². The molecule has 0 heterocycles. The first-order valence-electron chi connectivity index (χ1n) is 5.63. The van der Waals surface area contributed by atoms with Crippen molar-refractivity contribution in [3.8, 4) is 0 Å². The molecule has 2 rings (SSSR count). The van der Waals surface area contributed by atoms with Crippen LogP contribution in [-0.2, 0) is 0 Å². The number of nitro benzene ring substituents is 1. The summed E-state index contributed by atoms with van der Waals surface area (Å²) >= 11 is 0. The van der Waals surface area contributed by atoms with Crippen LogP contribution in [0.5, 0.6) is 0 Å². The van der Waals surface area contributed by atoms with Gasteiger partial charge < -0.3 is 0 Å². The van der Waals surface area contributed by atoms with Gasteiger partial charge >= 0.3 is 0 Å². The van der Waals surface area contributed by atoms with E-state index in [1.807, 2.05) is 31.2 Å². The van der Waals surface area contributed by atoms with Gasteiger partial charge in [0.1, 0.15) is 6.01 Å². The summed E-state index contributed by atoms with van der Waals surface area (Å²) in [5.74, 6) is 0. The van der Waals surface area contributed by atoms with Crippen LogP contribution in [0.25, 0.3) is 0 Å². The van der Waals surface area contributed by atoms with Gasteiger partial charge in [0, 0.05) is 12.1 Å². The molecular weight excluding hydrogens is 242 g/mol. The fourth-order valence-electron chi connectivity index (χ4n) is 1.44. The Morgan fingerprint density at radius 2 is 1.74 bits per heavy atom. The van der Waals surface area contributed by atoms with Crippen molar-refractivity contribution in [1.82, 2.24) is 0 Å². The summed E-state index contributed by atoms with van der Waals surface area (Å²) < 4.78 is 0. The predicted molar refractivity (Wildman–Crippen MR) is 73.5 cm³/mol. The number of hydrogen-bond acceptors (Lipinski definition) is 4. The number of aliphatic imine (C=N–C) groups is 2. The third-order valence-corrected chi connectivity index (χ3v) is 2.43. The summed E-state index contributed by atoms with van der Waals surface area (Å²) in [6, 6.07) is 16.1. The van der Waals surface area contributed by atoms with Crippen molar-refractivity contribution in [3.05, 3.63) is 64.2 Å². The lowest BCUT2D eigenvalue weighted by atomic mass is 10.2. The molecule has 0 aliphatic rings. The monoisotopic (exact) mass is 253 g/mol. The van der Waals surface area contributed by atoms with Crippen molar-refractivity contribution >= 4 is 23.1 Å². The Bertz CT molecular complexity index is 657. The SMILES string of the molecule is Cc1ccc(N=C=Nc2cccc([N+](=O)[O-])c2)cc1. The van der Waals surface area contributed by atoms with Crippen LogP contribution in [0.4, 0.5) is 17.1 Å². The normalized spacial score (nSPS) is 9.53. The van der Waals surface area contributed by atoms with E-state index in [1.165, 1.54) is 12.1 Å². The van der Waals surface area contributed by atoms with E-state index in [2.05, 4.69) is 16.0 Å². The number of aryl methyl sites for hydroxylation is 1. The fourth-order valence-corrected chi connectivity index (χ4v) is 1.44. The number of nitro groups is 1. The van der Waals surface area contributed by atoms with Gasteiger partial charge in [0.2, 0.25) is 0 Å². The van der Waals surface area contributed by atoms with Crippen LogP contribution < -0.4 is 0 Å². The minimum absolute atomic E-state index is 0.00149. The van der Waals surface area contributed by atoms with Gasteiger partial charge in [-0.25, -0.2) is 0 Å². The van der Waals surface area contributed by atoms with Crippen molar-refractivity contribution in [2.24, 2.45) is 9.98 Å². The highest BCUT2D eigenvalue weighted by Gasteiger charge is 2.03. The maximum absolute atomic E-state index is 10.6. The lowest BCUT2D eigenvalue weighted by molar-refractivity contribution is -0.384. The van der Waals surface area contributed by atoms with Gasteiger partial charge in [-0.15, -0.1) is 0 Å². The summed E-state index contributed by atoms with van der Waals surface area (Å²) in [5.41, 5.74) is 2.33. The molecule has 2 aromatic rings. The molecule has 2 aromatic carbocycles. The average molecular weight is 253 g/mol. The van der Waals surface area contributed by atoms with E-state index in [0.717, 1.165) is 11.3 Å². The Hall–Kier alpha value is -2.78. The van der Waals surface area contributed by atoms with Crippen LogP contribution in [0.2, 0.25) is 0 Å². The van der Waals surface area contributed by atoms with Crippen LogP contribution in [0, 0.1) is 17.0 Å². The number of non-ortho nitro benzene ring substituents is 1. The smallest absolute Gasteiger partial charge is 0.258 e. The first kappa shape index (κ1) is 12.7. The summed E-state index contributed by atoms with van der Waals surface area (Å²) in [4.78, 5) is 18.1. The molecule has 94 valence electrons. The molecule has 0 aliphatic carbocycles. The zero-order chi connectivity index (χ0) is 13.7. The van der Waals surface area contributed by atoms with Crippen LogP contribution in [0.1, 0.15) is 5.56 Å². The number of hydrogen-bond donors (Lipinski definition) is 0. The minimum atomic E-state index is -0.462. The fraction of sp³-hybridized carbons (Fsp3) is 0.0714. The molecule has 5 heteroatoms. The van der Waals surface area contributed by atoms with Gasteiger partial charge in [-0.05, 0) is 25.1 Å². The molecular formula is C14H11N3O2. The van der Waals surface area contributed by atoms with Crippen LogP contribution >= 0.6 is 0 Å². The van der Waals surface area contributed by atoms with Crippen molar-refractivity contribution < 1.29 is 4.92 Å². The largest absolute Gasteiger partial charge is 0.271 e. The summed E-state index contributed by atoms with van der Waals surface area (Å²) in [6.07, 6.45) is 0. The summed E-state index contributed by atoms with van der Waals surface area (Å²) in [6.45, 7) is 1.99. The van der Waals surface area contributed by atoms with Crippen LogP contribution in [0.15, 0.2) is 58.5 Å². The van der Waals surface area contributed by atoms with Crippen molar-refractivity contribution in [2.45, 2.75) is 6.92 Å². The molecule has 5 nitrogen and oxygen atoms in total. The maximum atomic E-state index is 10.6. The first-order valence-corrected chi connectivity index (χ1v) is 5.63. The van der Waals surface area contributed by atoms with Crippen molar-refractivity contribution in [1.29, 1.82) is 0 Å². The first-order chi connectivity index (χ1) is 9.15. The van der Waals surface area contributed by atoms with E-state index in [4.69, 9.17) is 0 Å². The topological polar surface area (TPSA) is 67.9 Å². The third kappa shape index (κ3) is 3.59. The molecule has 0 amide bonds. The highest BCUT2D eigenvalue weighted by molar-refractivity contribution is 5.59. The molecule has 0 aromatic heterocycles. The van der Waals surface area contributed by atoms with E-state index >= 15 is 0 Å². The molecule has 19 heavy (non-hydrogen) atoms. The third-order valence-electron chi connectivity index (χ3n) is 2.43. The lowest BCUT2D eigenvalue weighted by Crippen LogP contribution is -1.85. The average Bonchev–Trinajstić information content (AvgIpc) is 2.41. The Balaban J connectivity index is 2.20. The molecule has 0 fully saturated rings. The molecule has 0 spiro atoms. The van der Waals surface area contributed by atoms with E-state index in [0.29, 0.717) is 5.69 Å².